The van der Waals surface area contributed by atoms with Crippen molar-refractivity contribution in [3.05, 3.63) is 0 Å². The van der Waals surface area contributed by atoms with E-state index in [0.717, 1.165) is 0 Å². The lowest BCUT2D eigenvalue weighted by Crippen LogP contribution is -2.42. The van der Waals surface area contributed by atoms with Gasteiger partial charge in [-0.25, -0.2) is 0 Å². The molecule has 3 unspecified atom stereocenters. The Morgan fingerprint density at radius 2 is 1.88 bits per heavy atom. The number of hydrogen-bond acceptors (Lipinski definition) is 4. The average molecular weight is 252 g/mol. The molecule has 1 saturated carbocycles. The molecule has 1 aliphatic heterocycles. The molecule has 1 saturated heterocycles. The molecule has 2 aliphatic rings. The SMILES string of the molecule is O=P(O)(O)C1(CC2CC(O)C(O)CO2)CC1. The van der Waals surface area contributed by atoms with Crippen molar-refractivity contribution in [3.8, 4) is 0 Å². The standard InChI is InChI=1S/C9H17O6P/c10-7-3-6(15-5-8(7)11)4-9(1-2-9)16(12,13)14/h6-8,10-11H,1-5H2,(H2,12,13,14). The third-order valence-electron chi connectivity index (χ3n) is 3.50. The molecule has 1 aliphatic carbocycles. The van der Waals surface area contributed by atoms with Crippen molar-refractivity contribution in [3.63, 3.8) is 0 Å². The molecule has 2 rings (SSSR count). The van der Waals surface area contributed by atoms with Crippen LogP contribution < -0.4 is 0 Å². The fourth-order valence-corrected chi connectivity index (χ4v) is 3.30. The lowest BCUT2D eigenvalue weighted by Gasteiger charge is -2.32. The maximum Gasteiger partial charge on any atom is 0.331 e. The molecule has 2 fully saturated rings. The summed E-state index contributed by atoms with van der Waals surface area (Å²) in [5, 5.41) is 17.8. The van der Waals surface area contributed by atoms with Crippen LogP contribution in [0.3, 0.4) is 0 Å². The van der Waals surface area contributed by atoms with Gasteiger partial charge in [-0.05, 0) is 19.3 Å². The molecule has 6 nitrogen and oxygen atoms in total. The summed E-state index contributed by atoms with van der Waals surface area (Å²) in [6, 6.07) is 0. The van der Waals surface area contributed by atoms with Crippen molar-refractivity contribution >= 4 is 7.60 Å². The molecule has 94 valence electrons. The first-order valence-corrected chi connectivity index (χ1v) is 6.99. The first kappa shape index (κ1) is 12.5. The van der Waals surface area contributed by atoms with Gasteiger partial charge in [0.1, 0.15) is 6.10 Å². The molecular weight excluding hydrogens is 235 g/mol. The summed E-state index contributed by atoms with van der Waals surface area (Å²) >= 11 is 0. The highest BCUT2D eigenvalue weighted by molar-refractivity contribution is 7.54. The zero-order valence-electron chi connectivity index (χ0n) is 8.82. The van der Waals surface area contributed by atoms with Crippen LogP contribution in [0.2, 0.25) is 0 Å². The van der Waals surface area contributed by atoms with E-state index in [1.807, 2.05) is 0 Å². The third kappa shape index (κ3) is 2.32. The lowest BCUT2D eigenvalue weighted by atomic mass is 9.99. The van der Waals surface area contributed by atoms with Crippen LogP contribution in [-0.2, 0) is 9.30 Å². The van der Waals surface area contributed by atoms with Gasteiger partial charge < -0.3 is 24.7 Å². The Hall–Kier alpha value is 0.0300. The Morgan fingerprint density at radius 3 is 2.31 bits per heavy atom. The van der Waals surface area contributed by atoms with Crippen LogP contribution in [0, 0.1) is 0 Å². The fourth-order valence-electron chi connectivity index (χ4n) is 2.16. The van der Waals surface area contributed by atoms with Gasteiger partial charge in [0.05, 0.1) is 24.0 Å². The van der Waals surface area contributed by atoms with Crippen LogP contribution in [0.15, 0.2) is 0 Å². The van der Waals surface area contributed by atoms with Gasteiger partial charge in [-0.2, -0.15) is 0 Å². The van der Waals surface area contributed by atoms with Crippen LogP contribution in [-0.4, -0.2) is 50.1 Å². The fraction of sp³-hybridized carbons (Fsp3) is 1.00. The number of aliphatic hydroxyl groups excluding tert-OH is 2. The minimum absolute atomic E-state index is 0.0308. The lowest BCUT2D eigenvalue weighted by molar-refractivity contribution is -0.123. The third-order valence-corrected chi connectivity index (χ3v) is 5.37. The van der Waals surface area contributed by atoms with Gasteiger partial charge >= 0.3 is 7.60 Å². The highest BCUT2D eigenvalue weighted by Crippen LogP contribution is 2.67. The van der Waals surface area contributed by atoms with Crippen molar-refractivity contribution < 1.29 is 29.3 Å². The summed E-state index contributed by atoms with van der Waals surface area (Å²) in [6.45, 7) is 0.0308. The van der Waals surface area contributed by atoms with Gasteiger partial charge in [0.2, 0.25) is 0 Å². The summed E-state index contributed by atoms with van der Waals surface area (Å²) in [5.74, 6) is 0. The molecule has 0 aromatic carbocycles. The maximum atomic E-state index is 11.3. The summed E-state index contributed by atoms with van der Waals surface area (Å²) in [4.78, 5) is 18.4. The number of hydrogen-bond donors (Lipinski definition) is 4. The van der Waals surface area contributed by atoms with Gasteiger partial charge in [0.25, 0.3) is 0 Å². The van der Waals surface area contributed by atoms with Crippen molar-refractivity contribution in [2.45, 2.75) is 49.2 Å². The van der Waals surface area contributed by atoms with Crippen LogP contribution in [0.4, 0.5) is 0 Å². The summed E-state index contributed by atoms with van der Waals surface area (Å²) in [5.41, 5.74) is 0. The molecular formula is C9H17O6P. The quantitative estimate of drug-likeness (QED) is 0.509. The number of aliphatic hydroxyl groups is 2. The highest BCUT2D eigenvalue weighted by Gasteiger charge is 2.58. The van der Waals surface area contributed by atoms with Gasteiger partial charge in [0, 0.05) is 6.42 Å². The van der Waals surface area contributed by atoms with Gasteiger partial charge in [0.15, 0.2) is 0 Å². The maximum absolute atomic E-state index is 11.3. The van der Waals surface area contributed by atoms with E-state index < -0.39 is 25.0 Å². The van der Waals surface area contributed by atoms with Crippen molar-refractivity contribution in [1.29, 1.82) is 0 Å². The number of ether oxygens (including phenoxy) is 1. The van der Waals surface area contributed by atoms with Crippen molar-refractivity contribution in [2.75, 3.05) is 6.61 Å². The second kappa shape index (κ2) is 4.05. The molecule has 3 atom stereocenters. The Labute approximate surface area is 93.4 Å². The van der Waals surface area contributed by atoms with Gasteiger partial charge in [-0.3, -0.25) is 4.57 Å². The van der Waals surface area contributed by atoms with Gasteiger partial charge in [-0.15, -0.1) is 0 Å². The minimum Gasteiger partial charge on any atom is -0.390 e. The largest absolute Gasteiger partial charge is 0.390 e. The van der Waals surface area contributed by atoms with E-state index in [4.69, 9.17) is 4.74 Å². The average Bonchev–Trinajstić information content (AvgIpc) is 2.91. The van der Waals surface area contributed by atoms with Crippen LogP contribution in [0.5, 0.6) is 0 Å². The van der Waals surface area contributed by atoms with E-state index in [0.29, 0.717) is 12.8 Å². The molecule has 0 aromatic heterocycles. The molecule has 7 heteroatoms. The smallest absolute Gasteiger partial charge is 0.331 e. The molecule has 0 amide bonds. The highest BCUT2D eigenvalue weighted by atomic mass is 31.2. The van der Waals surface area contributed by atoms with E-state index in [1.54, 1.807) is 0 Å². The molecule has 0 radical (unpaired) electrons. The topological polar surface area (TPSA) is 107 Å². The second-order valence-corrected chi connectivity index (χ2v) is 6.83. The minimum atomic E-state index is -4.08. The first-order valence-electron chi connectivity index (χ1n) is 5.37. The van der Waals surface area contributed by atoms with Crippen molar-refractivity contribution in [1.82, 2.24) is 0 Å². The molecule has 4 N–H and O–H groups in total. The monoisotopic (exact) mass is 252 g/mol. The van der Waals surface area contributed by atoms with Gasteiger partial charge in [-0.1, -0.05) is 0 Å². The molecule has 16 heavy (non-hydrogen) atoms. The summed E-state index contributed by atoms with van der Waals surface area (Å²) < 4.78 is 16.5. The van der Waals surface area contributed by atoms with Crippen LogP contribution in [0.1, 0.15) is 25.7 Å². The summed E-state index contributed by atoms with van der Waals surface area (Å²) in [6.07, 6.45) is -0.587. The zero-order chi connectivity index (χ0) is 12.0. The Balaban J connectivity index is 1.94. The first-order chi connectivity index (χ1) is 7.34. The second-order valence-electron chi connectivity index (χ2n) is 4.80. The summed E-state index contributed by atoms with van der Waals surface area (Å²) in [7, 11) is -4.08. The predicted molar refractivity (Wildman–Crippen MR) is 55.0 cm³/mol. The molecule has 0 bridgehead atoms. The van der Waals surface area contributed by atoms with E-state index in [1.165, 1.54) is 0 Å². The van der Waals surface area contributed by atoms with E-state index in [2.05, 4.69) is 0 Å². The van der Waals surface area contributed by atoms with E-state index in [-0.39, 0.29) is 25.6 Å². The number of rotatable bonds is 3. The normalized spacial score (nSPS) is 38.4. The molecule has 0 spiro atoms. The predicted octanol–water partition coefficient (Wildman–Crippen LogP) is -0.403. The molecule has 0 aromatic rings. The Morgan fingerprint density at radius 1 is 1.25 bits per heavy atom. The Kier molecular flexibility index (Phi) is 3.16. The van der Waals surface area contributed by atoms with E-state index >= 15 is 0 Å². The molecule has 1 heterocycles. The van der Waals surface area contributed by atoms with Crippen LogP contribution in [0.25, 0.3) is 0 Å². The zero-order valence-corrected chi connectivity index (χ0v) is 9.71. The van der Waals surface area contributed by atoms with Crippen molar-refractivity contribution in [2.24, 2.45) is 0 Å². The Bertz CT molecular complexity index is 309. The van der Waals surface area contributed by atoms with E-state index in [9.17, 15) is 24.6 Å². The van der Waals surface area contributed by atoms with Crippen LogP contribution >= 0.6 is 7.60 Å².